The van der Waals surface area contributed by atoms with Gasteiger partial charge in [0.25, 0.3) is 5.91 Å². The van der Waals surface area contributed by atoms with Crippen LogP contribution in [0, 0.1) is 0 Å². The number of carbonyl (C=O) groups excluding carboxylic acids is 2. The van der Waals surface area contributed by atoms with Crippen molar-refractivity contribution >= 4 is 29.2 Å². The van der Waals surface area contributed by atoms with E-state index in [0.717, 1.165) is 0 Å². The Kier molecular flexibility index (Phi) is 5.68. The quantitative estimate of drug-likeness (QED) is 0.890. The van der Waals surface area contributed by atoms with Crippen LogP contribution in [-0.2, 0) is 0 Å². The first kappa shape index (κ1) is 18.1. The number of amides is 3. The Bertz CT molecular complexity index is 779. The van der Waals surface area contributed by atoms with Crippen LogP contribution < -0.4 is 10.1 Å². The van der Waals surface area contributed by atoms with E-state index in [2.05, 4.69) is 5.32 Å². The zero-order valence-electron chi connectivity index (χ0n) is 14.4. The summed E-state index contributed by atoms with van der Waals surface area (Å²) >= 11 is 6.00. The van der Waals surface area contributed by atoms with E-state index >= 15 is 0 Å². The fourth-order valence-corrected chi connectivity index (χ4v) is 3.02. The van der Waals surface area contributed by atoms with Gasteiger partial charge in [-0.2, -0.15) is 0 Å². The molecular formula is C18H20ClN3O4. The first-order valence-corrected chi connectivity index (χ1v) is 8.68. The zero-order chi connectivity index (χ0) is 18.5. The predicted octanol–water partition coefficient (Wildman–Crippen LogP) is 3.32. The van der Waals surface area contributed by atoms with E-state index in [1.54, 1.807) is 40.1 Å². The lowest BCUT2D eigenvalue weighted by atomic mass is 10.3. The van der Waals surface area contributed by atoms with E-state index in [9.17, 15) is 9.59 Å². The largest absolute Gasteiger partial charge is 0.495 e. The van der Waals surface area contributed by atoms with E-state index in [1.807, 2.05) is 0 Å². The second kappa shape index (κ2) is 8.14. The molecule has 8 heteroatoms. The fourth-order valence-electron chi connectivity index (χ4n) is 2.85. The molecule has 3 amide bonds. The molecule has 1 aromatic carbocycles. The standard InChI is InChI=1S/C18H20ClN3O4/c1-25-15-6-5-13(19)12-14(15)20-18(24)22-8-3-7-21(9-10-22)17(23)16-4-2-11-26-16/h2,4-6,11-12H,3,7-10H2,1H3,(H,20,24). The summed E-state index contributed by atoms with van der Waals surface area (Å²) < 4.78 is 10.4. The Morgan fingerprint density at radius 2 is 1.92 bits per heavy atom. The van der Waals surface area contributed by atoms with Gasteiger partial charge in [-0.25, -0.2) is 4.79 Å². The lowest BCUT2D eigenvalue weighted by molar-refractivity contribution is 0.0731. The maximum Gasteiger partial charge on any atom is 0.322 e. The zero-order valence-corrected chi connectivity index (χ0v) is 15.2. The van der Waals surface area contributed by atoms with Crippen molar-refractivity contribution < 1.29 is 18.7 Å². The lowest BCUT2D eigenvalue weighted by Crippen LogP contribution is -2.39. The third-order valence-electron chi connectivity index (χ3n) is 4.21. The number of methoxy groups -OCH3 is 1. The van der Waals surface area contributed by atoms with Gasteiger partial charge in [0.1, 0.15) is 5.75 Å². The van der Waals surface area contributed by atoms with Crippen LogP contribution in [0.3, 0.4) is 0 Å². The van der Waals surface area contributed by atoms with Crippen LogP contribution in [0.15, 0.2) is 41.0 Å². The molecule has 0 atom stereocenters. The molecule has 1 aliphatic heterocycles. The predicted molar refractivity (Wildman–Crippen MR) is 97.8 cm³/mol. The van der Waals surface area contributed by atoms with Crippen molar-refractivity contribution in [3.05, 3.63) is 47.4 Å². The molecule has 1 aromatic heterocycles. The maximum absolute atomic E-state index is 12.6. The van der Waals surface area contributed by atoms with Gasteiger partial charge in [0.2, 0.25) is 0 Å². The summed E-state index contributed by atoms with van der Waals surface area (Å²) in [5.74, 6) is 0.688. The molecule has 1 fully saturated rings. The molecule has 1 N–H and O–H groups in total. The van der Waals surface area contributed by atoms with Crippen molar-refractivity contribution in [2.75, 3.05) is 38.6 Å². The number of urea groups is 1. The average Bonchev–Trinajstić information content (AvgIpc) is 3.05. The van der Waals surface area contributed by atoms with E-state index in [-0.39, 0.29) is 11.9 Å². The van der Waals surface area contributed by atoms with Gasteiger partial charge in [-0.05, 0) is 36.8 Å². The number of hydrogen-bond donors (Lipinski definition) is 1. The number of nitrogens with one attached hydrogen (secondary N) is 1. The Labute approximate surface area is 156 Å². The number of nitrogens with zero attached hydrogens (tertiary/aromatic N) is 2. The molecule has 2 heterocycles. The Balaban J connectivity index is 1.63. The van der Waals surface area contributed by atoms with Crippen molar-refractivity contribution in [2.45, 2.75) is 6.42 Å². The van der Waals surface area contributed by atoms with Crippen LogP contribution in [0.25, 0.3) is 0 Å². The summed E-state index contributed by atoms with van der Waals surface area (Å²) in [6, 6.07) is 8.11. The Morgan fingerprint density at radius 1 is 1.15 bits per heavy atom. The van der Waals surface area contributed by atoms with Crippen molar-refractivity contribution in [1.82, 2.24) is 9.80 Å². The highest BCUT2D eigenvalue weighted by Gasteiger charge is 2.24. The van der Waals surface area contributed by atoms with Crippen LogP contribution in [0.4, 0.5) is 10.5 Å². The molecule has 3 rings (SSSR count). The minimum atomic E-state index is -0.252. The Hall–Kier alpha value is -2.67. The maximum atomic E-state index is 12.6. The number of halogens is 1. The van der Waals surface area contributed by atoms with Gasteiger partial charge in [0.15, 0.2) is 5.76 Å². The number of furan rings is 1. The lowest BCUT2D eigenvalue weighted by Gasteiger charge is -2.22. The van der Waals surface area contributed by atoms with E-state index in [1.165, 1.54) is 13.4 Å². The molecule has 2 aromatic rings. The van der Waals surface area contributed by atoms with Crippen LogP contribution in [0.1, 0.15) is 17.0 Å². The second-order valence-electron chi connectivity index (χ2n) is 5.88. The highest BCUT2D eigenvalue weighted by molar-refractivity contribution is 6.31. The smallest absolute Gasteiger partial charge is 0.322 e. The molecule has 0 spiro atoms. The average molecular weight is 378 g/mol. The summed E-state index contributed by atoms with van der Waals surface area (Å²) in [7, 11) is 1.53. The van der Waals surface area contributed by atoms with E-state index in [0.29, 0.717) is 54.8 Å². The minimum Gasteiger partial charge on any atom is -0.495 e. The first-order valence-electron chi connectivity index (χ1n) is 8.30. The fraction of sp³-hybridized carbons (Fsp3) is 0.333. The Morgan fingerprint density at radius 3 is 2.65 bits per heavy atom. The van der Waals surface area contributed by atoms with Crippen molar-refractivity contribution in [2.24, 2.45) is 0 Å². The monoisotopic (exact) mass is 377 g/mol. The van der Waals surface area contributed by atoms with Crippen molar-refractivity contribution in [3.8, 4) is 5.75 Å². The topological polar surface area (TPSA) is 75.0 Å². The molecule has 1 saturated heterocycles. The van der Waals surface area contributed by atoms with Gasteiger partial charge in [-0.3, -0.25) is 4.79 Å². The van der Waals surface area contributed by atoms with Crippen LogP contribution in [0.5, 0.6) is 5.75 Å². The molecular weight excluding hydrogens is 358 g/mol. The van der Waals surface area contributed by atoms with Crippen LogP contribution in [-0.4, -0.2) is 55.0 Å². The molecule has 0 saturated carbocycles. The number of ether oxygens (including phenoxy) is 1. The highest BCUT2D eigenvalue weighted by atomic mass is 35.5. The van der Waals surface area contributed by atoms with Crippen LogP contribution in [0.2, 0.25) is 5.02 Å². The number of carbonyl (C=O) groups is 2. The van der Waals surface area contributed by atoms with Gasteiger partial charge in [0, 0.05) is 31.2 Å². The van der Waals surface area contributed by atoms with Gasteiger partial charge in [0.05, 0.1) is 19.1 Å². The van der Waals surface area contributed by atoms with Gasteiger partial charge in [-0.1, -0.05) is 11.6 Å². The summed E-state index contributed by atoms with van der Waals surface area (Å²) in [6.07, 6.45) is 2.16. The van der Waals surface area contributed by atoms with Gasteiger partial charge >= 0.3 is 6.03 Å². The van der Waals surface area contributed by atoms with Crippen molar-refractivity contribution in [3.63, 3.8) is 0 Å². The van der Waals surface area contributed by atoms with Gasteiger partial charge in [-0.15, -0.1) is 0 Å². The minimum absolute atomic E-state index is 0.159. The summed E-state index contributed by atoms with van der Waals surface area (Å²) in [5.41, 5.74) is 0.512. The van der Waals surface area contributed by atoms with Gasteiger partial charge < -0.3 is 24.3 Å². The molecule has 1 aliphatic rings. The summed E-state index contributed by atoms with van der Waals surface area (Å²) in [6.45, 7) is 2.00. The van der Waals surface area contributed by atoms with Crippen molar-refractivity contribution in [1.29, 1.82) is 0 Å². The molecule has 0 unspecified atom stereocenters. The number of rotatable bonds is 3. The molecule has 0 aliphatic carbocycles. The molecule has 7 nitrogen and oxygen atoms in total. The third kappa shape index (κ3) is 4.11. The molecule has 138 valence electrons. The number of hydrogen-bond acceptors (Lipinski definition) is 4. The SMILES string of the molecule is COc1ccc(Cl)cc1NC(=O)N1CCCN(C(=O)c2ccco2)CC1. The number of anilines is 1. The van der Waals surface area contributed by atoms with E-state index < -0.39 is 0 Å². The molecule has 26 heavy (non-hydrogen) atoms. The summed E-state index contributed by atoms with van der Waals surface area (Å²) in [5, 5.41) is 3.33. The third-order valence-corrected chi connectivity index (χ3v) is 4.44. The highest BCUT2D eigenvalue weighted by Crippen LogP contribution is 2.28. The first-order chi connectivity index (χ1) is 12.6. The molecule has 0 radical (unpaired) electrons. The number of benzene rings is 1. The van der Waals surface area contributed by atoms with Crippen LogP contribution >= 0.6 is 11.6 Å². The summed E-state index contributed by atoms with van der Waals surface area (Å²) in [4.78, 5) is 28.4. The van der Waals surface area contributed by atoms with E-state index in [4.69, 9.17) is 20.8 Å². The molecule has 0 bridgehead atoms. The second-order valence-corrected chi connectivity index (χ2v) is 6.32. The normalized spacial score (nSPS) is 14.7.